The Bertz CT molecular complexity index is 580. The Morgan fingerprint density at radius 2 is 2.05 bits per heavy atom. The van der Waals surface area contributed by atoms with E-state index in [0.29, 0.717) is 18.7 Å². The monoisotopic (exact) mass is 286 g/mol. The van der Waals surface area contributed by atoms with Gasteiger partial charge >= 0.3 is 0 Å². The molecular formula is C13H19FN2O2S. The molecule has 1 aromatic carbocycles. The van der Waals surface area contributed by atoms with Crippen molar-refractivity contribution in [1.29, 1.82) is 0 Å². The summed E-state index contributed by atoms with van der Waals surface area (Å²) in [5.41, 5.74) is 6.09. The summed E-state index contributed by atoms with van der Waals surface area (Å²) in [4.78, 5) is 0.160. The average Bonchev–Trinajstić information content (AvgIpc) is 2.25. The van der Waals surface area contributed by atoms with Crippen molar-refractivity contribution < 1.29 is 12.8 Å². The van der Waals surface area contributed by atoms with E-state index >= 15 is 0 Å². The largest absolute Gasteiger partial charge is 0.323 e. The van der Waals surface area contributed by atoms with E-state index in [2.05, 4.69) is 0 Å². The average molecular weight is 286 g/mol. The van der Waals surface area contributed by atoms with Crippen molar-refractivity contribution >= 4 is 10.0 Å². The zero-order chi connectivity index (χ0) is 14.3. The molecule has 0 unspecified atom stereocenters. The standard InChI is InChI=1S/C13H19FN2O2S/c1-3-6-13(15)8-16(9-13)19(17,18)12-5-4-11(14)7-10(12)2/h4-5,7H,3,6,8-9,15H2,1-2H3. The van der Waals surface area contributed by atoms with Gasteiger partial charge in [-0.15, -0.1) is 0 Å². The van der Waals surface area contributed by atoms with Crippen LogP contribution in [0.1, 0.15) is 25.3 Å². The molecule has 4 nitrogen and oxygen atoms in total. The lowest BCUT2D eigenvalue weighted by Crippen LogP contribution is -2.68. The zero-order valence-corrected chi connectivity index (χ0v) is 12.0. The molecule has 0 aromatic heterocycles. The maximum absolute atomic E-state index is 13.0. The van der Waals surface area contributed by atoms with Gasteiger partial charge in [0, 0.05) is 18.6 Å². The number of nitrogens with two attached hydrogens (primary N) is 1. The molecule has 1 heterocycles. The molecule has 1 saturated heterocycles. The lowest BCUT2D eigenvalue weighted by atomic mass is 9.89. The summed E-state index contributed by atoms with van der Waals surface area (Å²) in [6, 6.07) is 3.71. The fraction of sp³-hybridized carbons (Fsp3) is 0.538. The summed E-state index contributed by atoms with van der Waals surface area (Å²) in [6.07, 6.45) is 1.74. The molecule has 2 N–H and O–H groups in total. The summed E-state index contributed by atoms with van der Waals surface area (Å²) in [5.74, 6) is -0.431. The topological polar surface area (TPSA) is 63.4 Å². The SMILES string of the molecule is CCCC1(N)CN(S(=O)(=O)c2ccc(F)cc2C)C1. The minimum absolute atomic E-state index is 0.160. The van der Waals surface area contributed by atoms with Crippen LogP contribution in [0.5, 0.6) is 0 Å². The maximum Gasteiger partial charge on any atom is 0.243 e. The molecule has 0 bridgehead atoms. The van der Waals surface area contributed by atoms with Crippen LogP contribution in [0.3, 0.4) is 0 Å². The Labute approximate surface area is 113 Å². The van der Waals surface area contributed by atoms with Gasteiger partial charge < -0.3 is 5.73 Å². The van der Waals surface area contributed by atoms with E-state index in [-0.39, 0.29) is 4.90 Å². The molecule has 0 spiro atoms. The minimum atomic E-state index is -3.55. The van der Waals surface area contributed by atoms with Crippen molar-refractivity contribution in [2.75, 3.05) is 13.1 Å². The first-order chi connectivity index (χ1) is 8.78. The van der Waals surface area contributed by atoms with E-state index in [1.54, 1.807) is 6.92 Å². The third-order valence-electron chi connectivity index (χ3n) is 3.49. The van der Waals surface area contributed by atoms with Gasteiger partial charge in [-0.25, -0.2) is 12.8 Å². The number of hydrogen-bond acceptors (Lipinski definition) is 3. The Hall–Kier alpha value is -0.980. The highest BCUT2D eigenvalue weighted by atomic mass is 32.2. The van der Waals surface area contributed by atoms with Crippen molar-refractivity contribution in [2.45, 2.75) is 37.1 Å². The number of hydrogen-bond donors (Lipinski definition) is 1. The van der Waals surface area contributed by atoms with Gasteiger partial charge in [-0.2, -0.15) is 4.31 Å². The van der Waals surface area contributed by atoms with Crippen LogP contribution in [-0.2, 0) is 10.0 Å². The quantitative estimate of drug-likeness (QED) is 0.915. The highest BCUT2D eigenvalue weighted by Crippen LogP contribution is 2.30. The second-order valence-corrected chi connectivity index (χ2v) is 7.20. The second kappa shape index (κ2) is 4.85. The van der Waals surface area contributed by atoms with Crippen LogP contribution in [0.4, 0.5) is 4.39 Å². The van der Waals surface area contributed by atoms with Gasteiger partial charge in [-0.1, -0.05) is 13.3 Å². The van der Waals surface area contributed by atoms with Gasteiger partial charge in [-0.3, -0.25) is 0 Å². The summed E-state index contributed by atoms with van der Waals surface area (Å²) in [6.45, 7) is 4.29. The molecule has 1 aromatic rings. The first-order valence-electron chi connectivity index (χ1n) is 6.34. The van der Waals surface area contributed by atoms with Crippen LogP contribution in [-0.4, -0.2) is 31.4 Å². The highest BCUT2D eigenvalue weighted by Gasteiger charge is 2.45. The highest BCUT2D eigenvalue weighted by molar-refractivity contribution is 7.89. The third kappa shape index (κ3) is 2.66. The molecular weight excluding hydrogens is 267 g/mol. The van der Waals surface area contributed by atoms with Gasteiger partial charge in [0.1, 0.15) is 5.82 Å². The number of halogens is 1. The Kier molecular flexibility index (Phi) is 3.68. The molecule has 0 amide bonds. The van der Waals surface area contributed by atoms with Crippen LogP contribution in [0.2, 0.25) is 0 Å². The van der Waals surface area contributed by atoms with Gasteiger partial charge in [-0.05, 0) is 37.1 Å². The van der Waals surface area contributed by atoms with Crippen LogP contribution in [0.25, 0.3) is 0 Å². The molecule has 0 atom stereocenters. The van der Waals surface area contributed by atoms with E-state index in [4.69, 9.17) is 5.73 Å². The van der Waals surface area contributed by atoms with Crippen LogP contribution in [0.15, 0.2) is 23.1 Å². The maximum atomic E-state index is 13.0. The molecule has 0 aliphatic carbocycles. The summed E-state index contributed by atoms with van der Waals surface area (Å²) < 4.78 is 39.2. The normalized spacial score (nSPS) is 19.2. The number of benzene rings is 1. The first kappa shape index (κ1) is 14.4. The molecule has 6 heteroatoms. The summed E-state index contributed by atoms with van der Waals surface area (Å²) >= 11 is 0. The van der Waals surface area contributed by atoms with Crippen molar-refractivity contribution in [3.8, 4) is 0 Å². The van der Waals surface area contributed by atoms with E-state index in [1.807, 2.05) is 6.92 Å². The van der Waals surface area contributed by atoms with Crippen molar-refractivity contribution in [3.63, 3.8) is 0 Å². The van der Waals surface area contributed by atoms with Crippen LogP contribution >= 0.6 is 0 Å². The van der Waals surface area contributed by atoms with Gasteiger partial charge in [0.2, 0.25) is 10.0 Å². The number of rotatable bonds is 4. The molecule has 1 fully saturated rings. The molecule has 19 heavy (non-hydrogen) atoms. The molecule has 2 rings (SSSR count). The van der Waals surface area contributed by atoms with E-state index in [1.165, 1.54) is 22.5 Å². The van der Waals surface area contributed by atoms with Crippen LogP contribution in [0, 0.1) is 12.7 Å². The number of nitrogens with zero attached hydrogens (tertiary/aromatic N) is 1. The molecule has 0 saturated carbocycles. The summed E-state index contributed by atoms with van der Waals surface area (Å²) in [7, 11) is -3.55. The van der Waals surface area contributed by atoms with E-state index in [0.717, 1.165) is 12.8 Å². The minimum Gasteiger partial charge on any atom is -0.323 e. The predicted octanol–water partition coefficient (Wildman–Crippen LogP) is 1.64. The Morgan fingerprint density at radius 1 is 1.42 bits per heavy atom. The van der Waals surface area contributed by atoms with Gasteiger partial charge in [0.25, 0.3) is 0 Å². The van der Waals surface area contributed by atoms with Crippen LogP contribution < -0.4 is 5.73 Å². The lowest BCUT2D eigenvalue weighted by molar-refractivity contribution is 0.147. The molecule has 106 valence electrons. The molecule has 1 aliphatic rings. The first-order valence-corrected chi connectivity index (χ1v) is 7.78. The fourth-order valence-corrected chi connectivity index (χ4v) is 4.36. The Morgan fingerprint density at radius 3 is 2.58 bits per heavy atom. The van der Waals surface area contributed by atoms with E-state index < -0.39 is 21.4 Å². The molecule has 0 radical (unpaired) electrons. The Balaban J connectivity index is 2.21. The second-order valence-electron chi connectivity index (χ2n) is 5.30. The zero-order valence-electron chi connectivity index (χ0n) is 11.2. The fourth-order valence-electron chi connectivity index (χ4n) is 2.52. The lowest BCUT2D eigenvalue weighted by Gasteiger charge is -2.46. The molecule has 1 aliphatic heterocycles. The number of sulfonamides is 1. The summed E-state index contributed by atoms with van der Waals surface area (Å²) in [5, 5.41) is 0. The van der Waals surface area contributed by atoms with Gasteiger partial charge in [0.15, 0.2) is 0 Å². The third-order valence-corrected chi connectivity index (χ3v) is 5.44. The van der Waals surface area contributed by atoms with Crippen molar-refractivity contribution in [2.24, 2.45) is 5.73 Å². The van der Waals surface area contributed by atoms with Crippen molar-refractivity contribution in [3.05, 3.63) is 29.6 Å². The number of aryl methyl sites for hydroxylation is 1. The van der Waals surface area contributed by atoms with Gasteiger partial charge in [0.05, 0.1) is 4.90 Å². The smallest absolute Gasteiger partial charge is 0.243 e. The predicted molar refractivity (Wildman–Crippen MR) is 71.7 cm³/mol. The van der Waals surface area contributed by atoms with E-state index in [9.17, 15) is 12.8 Å². The van der Waals surface area contributed by atoms with Crippen molar-refractivity contribution in [1.82, 2.24) is 4.31 Å².